The highest BCUT2D eigenvalue weighted by molar-refractivity contribution is 7.71. The zero-order valence-corrected chi connectivity index (χ0v) is 12.1. The fourth-order valence-electron chi connectivity index (χ4n) is 3.03. The van der Waals surface area contributed by atoms with E-state index in [0.29, 0.717) is 18.1 Å². The number of aromatic amines is 1. The van der Waals surface area contributed by atoms with Gasteiger partial charge in [-0.15, -0.1) is 0 Å². The molecule has 1 aromatic rings. The fourth-order valence-corrected chi connectivity index (χ4v) is 3.30. The van der Waals surface area contributed by atoms with Gasteiger partial charge in [0, 0.05) is 24.0 Å². The standard InChI is InChI=1S/C13H21N3OS/c1-4-17-10-7-9(13(10,2)3)16-11(8-5-6-8)14-15-12(16)18/h8-10H,4-7H2,1-3H3,(H,15,18). The summed E-state index contributed by atoms with van der Waals surface area (Å²) < 4.78 is 8.82. The number of ether oxygens (including phenoxy) is 1. The van der Waals surface area contributed by atoms with Gasteiger partial charge in [0.05, 0.1) is 6.10 Å². The Balaban J connectivity index is 1.88. The molecule has 2 aliphatic carbocycles. The number of aromatic nitrogens is 3. The summed E-state index contributed by atoms with van der Waals surface area (Å²) in [6.07, 6.45) is 3.90. The van der Waals surface area contributed by atoms with Crippen LogP contribution in [0.15, 0.2) is 0 Å². The normalized spacial score (nSPS) is 30.2. The van der Waals surface area contributed by atoms with Gasteiger partial charge in [-0.1, -0.05) is 13.8 Å². The summed E-state index contributed by atoms with van der Waals surface area (Å²) in [6, 6.07) is 0.427. The minimum atomic E-state index is 0.141. The second kappa shape index (κ2) is 4.17. The van der Waals surface area contributed by atoms with Crippen LogP contribution in [0, 0.1) is 10.2 Å². The molecule has 0 radical (unpaired) electrons. The number of nitrogens with zero attached hydrogens (tertiary/aromatic N) is 2. The van der Waals surface area contributed by atoms with Crippen LogP contribution < -0.4 is 0 Å². The molecule has 4 nitrogen and oxygen atoms in total. The van der Waals surface area contributed by atoms with Crippen molar-refractivity contribution in [2.75, 3.05) is 6.61 Å². The van der Waals surface area contributed by atoms with Crippen molar-refractivity contribution in [3.8, 4) is 0 Å². The molecule has 0 aromatic carbocycles. The SMILES string of the molecule is CCOC1CC(n2c(C3CC3)n[nH]c2=S)C1(C)C. The lowest BCUT2D eigenvalue weighted by molar-refractivity contribution is -0.128. The molecule has 1 aromatic heterocycles. The van der Waals surface area contributed by atoms with Gasteiger partial charge in [-0.05, 0) is 38.4 Å². The Morgan fingerprint density at radius 1 is 1.50 bits per heavy atom. The van der Waals surface area contributed by atoms with Gasteiger partial charge in [-0.3, -0.25) is 5.10 Å². The summed E-state index contributed by atoms with van der Waals surface area (Å²) in [5, 5.41) is 7.39. The van der Waals surface area contributed by atoms with E-state index in [0.717, 1.165) is 23.6 Å². The summed E-state index contributed by atoms with van der Waals surface area (Å²) in [5.41, 5.74) is 0.141. The van der Waals surface area contributed by atoms with E-state index in [1.54, 1.807) is 0 Å². The molecule has 0 aliphatic heterocycles. The maximum Gasteiger partial charge on any atom is 0.195 e. The largest absolute Gasteiger partial charge is 0.378 e. The molecule has 1 N–H and O–H groups in total. The molecule has 2 saturated carbocycles. The van der Waals surface area contributed by atoms with Crippen LogP contribution in [0.4, 0.5) is 0 Å². The Morgan fingerprint density at radius 2 is 2.22 bits per heavy atom. The van der Waals surface area contributed by atoms with E-state index in [9.17, 15) is 0 Å². The Hall–Kier alpha value is -0.680. The molecule has 2 atom stereocenters. The number of nitrogens with one attached hydrogen (secondary N) is 1. The van der Waals surface area contributed by atoms with E-state index in [1.165, 1.54) is 12.8 Å². The average molecular weight is 267 g/mol. The van der Waals surface area contributed by atoms with Crippen LogP contribution in [0.25, 0.3) is 0 Å². The number of hydrogen-bond donors (Lipinski definition) is 1. The molecule has 0 saturated heterocycles. The zero-order chi connectivity index (χ0) is 12.9. The first-order valence-corrected chi connectivity index (χ1v) is 7.25. The van der Waals surface area contributed by atoms with Crippen molar-refractivity contribution in [1.82, 2.24) is 14.8 Å². The van der Waals surface area contributed by atoms with Crippen LogP contribution in [-0.2, 0) is 4.74 Å². The van der Waals surface area contributed by atoms with Crippen LogP contribution in [0.2, 0.25) is 0 Å². The van der Waals surface area contributed by atoms with Gasteiger partial charge in [-0.25, -0.2) is 0 Å². The fraction of sp³-hybridized carbons (Fsp3) is 0.846. The third kappa shape index (κ3) is 1.75. The van der Waals surface area contributed by atoms with Gasteiger partial charge in [-0.2, -0.15) is 5.10 Å². The minimum Gasteiger partial charge on any atom is -0.378 e. The molecule has 3 rings (SSSR count). The third-order valence-electron chi connectivity index (χ3n) is 4.48. The molecular weight excluding hydrogens is 246 g/mol. The lowest BCUT2D eigenvalue weighted by Crippen LogP contribution is -2.51. The summed E-state index contributed by atoms with van der Waals surface area (Å²) in [7, 11) is 0. The number of H-pyrrole nitrogens is 1. The number of rotatable bonds is 4. The Bertz CT molecular complexity index is 501. The van der Waals surface area contributed by atoms with Crippen LogP contribution in [0.1, 0.15) is 57.8 Å². The van der Waals surface area contributed by atoms with Crippen LogP contribution >= 0.6 is 12.2 Å². The maximum atomic E-state index is 5.80. The highest BCUT2D eigenvalue weighted by Gasteiger charge is 2.51. The summed E-state index contributed by atoms with van der Waals surface area (Å²) in [4.78, 5) is 0. The quantitative estimate of drug-likeness (QED) is 0.852. The molecule has 2 fully saturated rings. The van der Waals surface area contributed by atoms with Gasteiger partial charge < -0.3 is 9.30 Å². The summed E-state index contributed by atoms with van der Waals surface area (Å²) in [5.74, 6) is 1.79. The smallest absolute Gasteiger partial charge is 0.195 e. The van der Waals surface area contributed by atoms with Crippen LogP contribution in [0.3, 0.4) is 0 Å². The Labute approximate surface area is 113 Å². The molecule has 1 heterocycles. The van der Waals surface area contributed by atoms with E-state index >= 15 is 0 Å². The lowest BCUT2D eigenvalue weighted by Gasteiger charge is -2.52. The molecule has 2 aliphatic rings. The van der Waals surface area contributed by atoms with Gasteiger partial charge in [0.2, 0.25) is 0 Å². The molecule has 0 amide bonds. The second-order valence-electron chi connectivity index (χ2n) is 6.05. The minimum absolute atomic E-state index is 0.141. The average Bonchev–Trinajstić information content (AvgIpc) is 3.10. The predicted molar refractivity (Wildman–Crippen MR) is 72.2 cm³/mol. The van der Waals surface area contributed by atoms with Gasteiger partial charge in [0.25, 0.3) is 0 Å². The van der Waals surface area contributed by atoms with E-state index < -0.39 is 0 Å². The third-order valence-corrected chi connectivity index (χ3v) is 4.77. The zero-order valence-electron chi connectivity index (χ0n) is 11.3. The summed E-state index contributed by atoms with van der Waals surface area (Å²) >= 11 is 5.41. The highest BCUT2D eigenvalue weighted by Crippen LogP contribution is 2.53. The summed E-state index contributed by atoms with van der Waals surface area (Å²) in [6.45, 7) is 7.38. The first kappa shape index (κ1) is 12.4. The first-order valence-electron chi connectivity index (χ1n) is 6.84. The van der Waals surface area contributed by atoms with Gasteiger partial charge in [0.15, 0.2) is 4.77 Å². The highest BCUT2D eigenvalue weighted by atomic mass is 32.1. The Morgan fingerprint density at radius 3 is 2.78 bits per heavy atom. The van der Waals surface area contributed by atoms with Crippen molar-refractivity contribution in [3.05, 3.63) is 10.6 Å². The molecular formula is C13H21N3OS. The van der Waals surface area contributed by atoms with Crippen LogP contribution in [-0.4, -0.2) is 27.5 Å². The molecule has 100 valence electrons. The first-order chi connectivity index (χ1) is 8.55. The van der Waals surface area contributed by atoms with E-state index in [2.05, 4.69) is 35.5 Å². The maximum absolute atomic E-state index is 5.80. The Kier molecular flexibility index (Phi) is 2.86. The van der Waals surface area contributed by atoms with Crippen LogP contribution in [0.5, 0.6) is 0 Å². The monoisotopic (exact) mass is 267 g/mol. The predicted octanol–water partition coefficient (Wildman–Crippen LogP) is 3.19. The van der Waals surface area contributed by atoms with Crippen molar-refractivity contribution in [2.24, 2.45) is 5.41 Å². The van der Waals surface area contributed by atoms with E-state index in [-0.39, 0.29) is 5.41 Å². The van der Waals surface area contributed by atoms with Crippen molar-refractivity contribution in [1.29, 1.82) is 0 Å². The lowest BCUT2D eigenvalue weighted by atomic mass is 9.64. The van der Waals surface area contributed by atoms with E-state index in [1.807, 2.05) is 0 Å². The molecule has 5 heteroatoms. The van der Waals surface area contributed by atoms with Crippen molar-refractivity contribution < 1.29 is 4.74 Å². The molecule has 0 bridgehead atoms. The van der Waals surface area contributed by atoms with Crippen molar-refractivity contribution >= 4 is 12.2 Å². The molecule has 18 heavy (non-hydrogen) atoms. The van der Waals surface area contributed by atoms with E-state index in [4.69, 9.17) is 17.0 Å². The molecule has 2 unspecified atom stereocenters. The van der Waals surface area contributed by atoms with Crippen molar-refractivity contribution in [2.45, 2.75) is 58.1 Å². The molecule has 0 spiro atoms. The second-order valence-corrected chi connectivity index (χ2v) is 6.43. The van der Waals surface area contributed by atoms with Crippen molar-refractivity contribution in [3.63, 3.8) is 0 Å². The number of hydrogen-bond acceptors (Lipinski definition) is 3. The topological polar surface area (TPSA) is 42.8 Å². The van der Waals surface area contributed by atoms with Gasteiger partial charge >= 0.3 is 0 Å². The van der Waals surface area contributed by atoms with Gasteiger partial charge in [0.1, 0.15) is 5.82 Å².